The summed E-state index contributed by atoms with van der Waals surface area (Å²) in [7, 11) is 0. The fourth-order valence-electron chi connectivity index (χ4n) is 2.08. The Labute approximate surface area is 108 Å². The van der Waals surface area contributed by atoms with Crippen molar-refractivity contribution in [3.63, 3.8) is 0 Å². The van der Waals surface area contributed by atoms with Crippen molar-refractivity contribution < 1.29 is 13.9 Å². The Hall–Kier alpha value is -2.56. The van der Waals surface area contributed by atoms with Crippen molar-refractivity contribution in [2.75, 3.05) is 6.79 Å². The van der Waals surface area contributed by atoms with Gasteiger partial charge in [-0.05, 0) is 36.8 Å². The maximum absolute atomic E-state index is 5.65. The summed E-state index contributed by atoms with van der Waals surface area (Å²) < 4.78 is 16.3. The van der Waals surface area contributed by atoms with E-state index in [1.807, 2.05) is 31.2 Å². The van der Waals surface area contributed by atoms with Crippen molar-refractivity contribution in [2.24, 2.45) is 0 Å². The first kappa shape index (κ1) is 10.4. The fraction of sp³-hybridized carbons (Fsp3) is 0.143. The molecule has 0 unspecified atom stereocenters. The molecule has 4 rings (SSSR count). The first-order chi connectivity index (χ1) is 9.29. The zero-order valence-corrected chi connectivity index (χ0v) is 10.2. The molecule has 1 aliphatic heterocycles. The van der Waals surface area contributed by atoms with Crippen LogP contribution in [0.5, 0.6) is 11.5 Å². The lowest BCUT2D eigenvalue weighted by atomic mass is 10.2. The van der Waals surface area contributed by atoms with Gasteiger partial charge in [0.25, 0.3) is 0 Å². The Balaban J connectivity index is 1.85. The summed E-state index contributed by atoms with van der Waals surface area (Å²) in [6.45, 7) is 2.23. The number of aromatic nitrogens is 2. The van der Waals surface area contributed by atoms with E-state index in [9.17, 15) is 0 Å². The Morgan fingerprint density at radius 1 is 1.11 bits per heavy atom. The highest BCUT2D eigenvalue weighted by Crippen LogP contribution is 2.36. The molecule has 0 saturated heterocycles. The molecule has 0 N–H and O–H groups in total. The van der Waals surface area contributed by atoms with Crippen LogP contribution < -0.4 is 9.47 Å². The van der Waals surface area contributed by atoms with Gasteiger partial charge in [-0.2, -0.15) is 0 Å². The van der Waals surface area contributed by atoms with Gasteiger partial charge in [-0.1, -0.05) is 0 Å². The fourth-order valence-corrected chi connectivity index (χ4v) is 2.08. The van der Waals surface area contributed by atoms with Crippen LogP contribution in [0, 0.1) is 6.92 Å². The van der Waals surface area contributed by atoms with E-state index in [1.165, 1.54) is 0 Å². The molecule has 0 bridgehead atoms. The third kappa shape index (κ3) is 1.62. The highest BCUT2D eigenvalue weighted by molar-refractivity contribution is 5.73. The molecule has 0 fully saturated rings. The van der Waals surface area contributed by atoms with Crippen LogP contribution in [0.3, 0.4) is 0 Å². The summed E-state index contributed by atoms with van der Waals surface area (Å²) in [5.74, 6) is 1.99. The van der Waals surface area contributed by atoms with Crippen LogP contribution >= 0.6 is 0 Å². The number of pyridine rings is 1. The second kappa shape index (κ2) is 3.71. The number of aryl methyl sites for hydroxylation is 1. The van der Waals surface area contributed by atoms with E-state index in [1.54, 1.807) is 6.20 Å². The second-order valence-electron chi connectivity index (χ2n) is 4.42. The van der Waals surface area contributed by atoms with Gasteiger partial charge in [-0.25, -0.2) is 9.97 Å². The summed E-state index contributed by atoms with van der Waals surface area (Å²) in [5.41, 5.74) is 3.20. The number of benzene rings is 1. The predicted octanol–water partition coefficient (Wildman–Crippen LogP) is 2.93. The molecule has 5 nitrogen and oxygen atoms in total. The number of fused-ring (bicyclic) bond motifs is 2. The van der Waals surface area contributed by atoms with E-state index < -0.39 is 0 Å². The molecule has 3 aromatic rings. The average Bonchev–Trinajstić information content (AvgIpc) is 3.02. The van der Waals surface area contributed by atoms with Crippen LogP contribution in [-0.2, 0) is 0 Å². The summed E-state index contributed by atoms with van der Waals surface area (Å²) in [5, 5.41) is 0. The van der Waals surface area contributed by atoms with Gasteiger partial charge >= 0.3 is 0 Å². The standard InChI is InChI=1S/C14H10N2O3/c1-8-4-10-14(15-6-8)19-13(16-10)9-2-3-11-12(5-9)18-7-17-11/h2-6H,7H2,1H3. The quantitative estimate of drug-likeness (QED) is 0.668. The molecule has 0 radical (unpaired) electrons. The highest BCUT2D eigenvalue weighted by atomic mass is 16.7. The van der Waals surface area contributed by atoms with Crippen molar-refractivity contribution in [3.05, 3.63) is 36.0 Å². The zero-order valence-electron chi connectivity index (χ0n) is 10.2. The van der Waals surface area contributed by atoms with E-state index >= 15 is 0 Å². The Morgan fingerprint density at radius 3 is 2.95 bits per heavy atom. The maximum atomic E-state index is 5.65. The highest BCUT2D eigenvalue weighted by Gasteiger charge is 2.16. The van der Waals surface area contributed by atoms with Gasteiger partial charge < -0.3 is 13.9 Å². The molecule has 0 amide bonds. The summed E-state index contributed by atoms with van der Waals surface area (Å²) in [6.07, 6.45) is 1.76. The summed E-state index contributed by atoms with van der Waals surface area (Å²) in [4.78, 5) is 8.66. The molecule has 3 heterocycles. The van der Waals surface area contributed by atoms with Crippen LogP contribution in [0.25, 0.3) is 22.7 Å². The molecule has 1 aromatic carbocycles. The first-order valence-corrected chi connectivity index (χ1v) is 5.93. The number of hydrogen-bond acceptors (Lipinski definition) is 5. The van der Waals surface area contributed by atoms with Crippen molar-refractivity contribution in [2.45, 2.75) is 6.92 Å². The van der Waals surface area contributed by atoms with Crippen LogP contribution in [0.2, 0.25) is 0 Å². The number of hydrogen-bond donors (Lipinski definition) is 0. The molecule has 5 heteroatoms. The summed E-state index contributed by atoms with van der Waals surface area (Å²) >= 11 is 0. The molecule has 0 atom stereocenters. The van der Waals surface area contributed by atoms with Gasteiger partial charge in [0, 0.05) is 11.8 Å². The van der Waals surface area contributed by atoms with E-state index in [0.717, 1.165) is 22.4 Å². The Morgan fingerprint density at radius 2 is 2.00 bits per heavy atom. The minimum atomic E-state index is 0.257. The average molecular weight is 254 g/mol. The smallest absolute Gasteiger partial charge is 0.247 e. The molecule has 94 valence electrons. The molecule has 0 saturated carbocycles. The Bertz CT molecular complexity index is 779. The topological polar surface area (TPSA) is 57.4 Å². The largest absolute Gasteiger partial charge is 0.454 e. The lowest BCUT2D eigenvalue weighted by Crippen LogP contribution is -1.92. The van der Waals surface area contributed by atoms with Gasteiger partial charge in [0.05, 0.1) is 0 Å². The minimum absolute atomic E-state index is 0.257. The lowest BCUT2D eigenvalue weighted by molar-refractivity contribution is 0.174. The number of ether oxygens (including phenoxy) is 2. The lowest BCUT2D eigenvalue weighted by Gasteiger charge is -1.97. The number of oxazole rings is 1. The van der Waals surface area contributed by atoms with Crippen LogP contribution in [0.15, 0.2) is 34.9 Å². The molecule has 2 aromatic heterocycles. The molecule has 1 aliphatic rings. The van der Waals surface area contributed by atoms with Gasteiger partial charge in [0.15, 0.2) is 11.5 Å². The van der Waals surface area contributed by atoms with Crippen molar-refractivity contribution in [3.8, 4) is 23.0 Å². The third-order valence-corrected chi connectivity index (χ3v) is 3.00. The summed E-state index contributed by atoms with van der Waals surface area (Å²) in [6, 6.07) is 7.55. The van der Waals surface area contributed by atoms with Crippen molar-refractivity contribution in [1.29, 1.82) is 0 Å². The first-order valence-electron chi connectivity index (χ1n) is 5.93. The van der Waals surface area contributed by atoms with E-state index in [2.05, 4.69) is 9.97 Å². The minimum Gasteiger partial charge on any atom is -0.454 e. The molecular formula is C14H10N2O3. The van der Waals surface area contributed by atoms with E-state index in [0.29, 0.717) is 17.4 Å². The second-order valence-corrected chi connectivity index (χ2v) is 4.42. The molecule has 0 spiro atoms. The molecule has 0 aliphatic carbocycles. The van der Waals surface area contributed by atoms with E-state index in [-0.39, 0.29) is 6.79 Å². The van der Waals surface area contributed by atoms with Crippen LogP contribution in [0.1, 0.15) is 5.56 Å². The third-order valence-electron chi connectivity index (χ3n) is 3.00. The normalized spacial score (nSPS) is 13.1. The van der Waals surface area contributed by atoms with E-state index in [4.69, 9.17) is 13.9 Å². The van der Waals surface area contributed by atoms with Gasteiger partial charge in [0.2, 0.25) is 18.4 Å². The molecular weight excluding hydrogens is 244 g/mol. The maximum Gasteiger partial charge on any atom is 0.247 e. The zero-order chi connectivity index (χ0) is 12.8. The number of rotatable bonds is 1. The number of nitrogens with zero attached hydrogens (tertiary/aromatic N) is 2. The monoisotopic (exact) mass is 254 g/mol. The van der Waals surface area contributed by atoms with Crippen LogP contribution in [-0.4, -0.2) is 16.8 Å². The van der Waals surface area contributed by atoms with Gasteiger partial charge in [0.1, 0.15) is 5.52 Å². The Kier molecular flexibility index (Phi) is 2.03. The van der Waals surface area contributed by atoms with Crippen molar-refractivity contribution >= 4 is 11.2 Å². The van der Waals surface area contributed by atoms with Gasteiger partial charge in [-0.15, -0.1) is 0 Å². The SMILES string of the molecule is Cc1cnc2oc(-c3ccc4c(c3)OCO4)nc2c1. The molecule has 19 heavy (non-hydrogen) atoms. The van der Waals surface area contributed by atoms with Crippen molar-refractivity contribution in [1.82, 2.24) is 9.97 Å². The van der Waals surface area contributed by atoms with Crippen LogP contribution in [0.4, 0.5) is 0 Å². The predicted molar refractivity (Wildman–Crippen MR) is 68.1 cm³/mol. The van der Waals surface area contributed by atoms with Gasteiger partial charge in [-0.3, -0.25) is 0 Å².